The number of hydrogen-bond acceptors (Lipinski definition) is 2. The molecule has 0 amide bonds. The highest BCUT2D eigenvalue weighted by Gasteiger charge is 2.35. The number of benzene rings is 2. The topological polar surface area (TPSA) is 40.5 Å². The fraction of sp³-hybridized carbons (Fsp3) is 0.316. The van der Waals surface area contributed by atoms with Gasteiger partial charge in [0, 0.05) is 9.50 Å². The number of aliphatic carboxylic acids is 1. The monoisotopic (exact) mass is 407 g/mol. The van der Waals surface area contributed by atoms with Crippen molar-refractivity contribution in [1.29, 1.82) is 0 Å². The fourth-order valence-corrected chi connectivity index (χ4v) is 4.07. The molecule has 2 atom stereocenters. The Balaban J connectivity index is 2.09. The third kappa shape index (κ3) is 3.82. The van der Waals surface area contributed by atoms with Gasteiger partial charge in [-0.3, -0.25) is 9.69 Å². The molecule has 2 aromatic carbocycles. The first kappa shape index (κ1) is 17.5. The second kappa shape index (κ2) is 7.68. The van der Waals surface area contributed by atoms with E-state index in [1.165, 1.54) is 0 Å². The zero-order valence-corrected chi connectivity index (χ0v) is 15.5. The summed E-state index contributed by atoms with van der Waals surface area (Å²) in [6.45, 7) is 0.765. The number of carboxylic acid groups (broad SMARTS) is 1. The van der Waals surface area contributed by atoms with E-state index >= 15 is 0 Å². The normalized spacial score (nSPS) is 19.8. The lowest BCUT2D eigenvalue weighted by atomic mass is 9.92. The molecule has 126 valence electrons. The van der Waals surface area contributed by atoms with Crippen LogP contribution in [0.3, 0.4) is 0 Å². The number of carboxylic acids is 1. The first-order valence-electron chi connectivity index (χ1n) is 8.06. The van der Waals surface area contributed by atoms with Crippen LogP contribution < -0.4 is 0 Å². The molecule has 1 saturated heterocycles. The van der Waals surface area contributed by atoms with Crippen molar-refractivity contribution in [2.75, 3.05) is 6.54 Å². The summed E-state index contributed by atoms with van der Waals surface area (Å²) in [6, 6.07) is 15.2. The average Bonchev–Trinajstić information content (AvgIpc) is 2.56. The van der Waals surface area contributed by atoms with Crippen LogP contribution in [0, 0.1) is 0 Å². The van der Waals surface area contributed by atoms with Crippen molar-refractivity contribution in [3.8, 4) is 0 Å². The minimum Gasteiger partial charge on any atom is -0.480 e. The van der Waals surface area contributed by atoms with Crippen molar-refractivity contribution in [2.24, 2.45) is 0 Å². The standard InChI is InChI=1S/C19H19BrClNO2/c20-15-7-3-5-13(11-15)18(14-6-4-8-16(21)12-14)22-10-2-1-9-17(22)19(23)24/h3-8,11-12,17-18H,1-2,9-10H2,(H,23,24). The smallest absolute Gasteiger partial charge is 0.320 e. The summed E-state index contributed by atoms with van der Waals surface area (Å²) in [5.74, 6) is -0.753. The SMILES string of the molecule is O=C(O)C1CCCCN1C(c1cccc(Cl)c1)c1cccc(Br)c1. The fourth-order valence-electron chi connectivity index (χ4n) is 3.46. The van der Waals surface area contributed by atoms with Crippen LogP contribution >= 0.6 is 27.5 Å². The predicted molar refractivity (Wildman–Crippen MR) is 99.4 cm³/mol. The highest BCUT2D eigenvalue weighted by atomic mass is 79.9. The van der Waals surface area contributed by atoms with Gasteiger partial charge in [0.1, 0.15) is 6.04 Å². The number of piperidine rings is 1. The van der Waals surface area contributed by atoms with Crippen molar-refractivity contribution in [3.63, 3.8) is 0 Å². The van der Waals surface area contributed by atoms with Gasteiger partial charge in [-0.2, -0.15) is 0 Å². The van der Waals surface area contributed by atoms with E-state index in [9.17, 15) is 9.90 Å². The molecule has 1 heterocycles. The minimum atomic E-state index is -0.753. The van der Waals surface area contributed by atoms with Gasteiger partial charge in [0.2, 0.25) is 0 Å². The van der Waals surface area contributed by atoms with Gasteiger partial charge in [0.05, 0.1) is 6.04 Å². The summed E-state index contributed by atoms with van der Waals surface area (Å²) in [4.78, 5) is 13.9. The Morgan fingerprint density at radius 2 is 1.88 bits per heavy atom. The molecular formula is C19H19BrClNO2. The zero-order valence-electron chi connectivity index (χ0n) is 13.2. The molecule has 0 spiro atoms. The molecule has 0 radical (unpaired) electrons. The van der Waals surface area contributed by atoms with Crippen LogP contribution in [0.25, 0.3) is 0 Å². The van der Waals surface area contributed by atoms with Gasteiger partial charge in [0.15, 0.2) is 0 Å². The van der Waals surface area contributed by atoms with Crippen LogP contribution in [0.5, 0.6) is 0 Å². The maximum atomic E-state index is 11.8. The molecule has 5 heteroatoms. The second-order valence-corrected chi connectivity index (χ2v) is 7.45. The van der Waals surface area contributed by atoms with Gasteiger partial charge >= 0.3 is 5.97 Å². The lowest BCUT2D eigenvalue weighted by molar-refractivity contribution is -0.145. The molecule has 0 saturated carbocycles. The van der Waals surface area contributed by atoms with Crippen LogP contribution in [0.1, 0.15) is 36.4 Å². The lowest BCUT2D eigenvalue weighted by Crippen LogP contribution is -2.46. The summed E-state index contributed by atoms with van der Waals surface area (Å²) in [5, 5.41) is 10.3. The molecule has 2 aromatic rings. The van der Waals surface area contributed by atoms with Crippen molar-refractivity contribution >= 4 is 33.5 Å². The van der Waals surface area contributed by atoms with Crippen molar-refractivity contribution in [2.45, 2.75) is 31.3 Å². The van der Waals surface area contributed by atoms with Crippen LogP contribution in [-0.2, 0) is 4.79 Å². The highest BCUT2D eigenvalue weighted by Crippen LogP contribution is 2.35. The molecular weight excluding hydrogens is 390 g/mol. The summed E-state index contributed by atoms with van der Waals surface area (Å²) >= 11 is 9.73. The van der Waals surface area contributed by atoms with E-state index in [4.69, 9.17) is 11.6 Å². The Morgan fingerprint density at radius 1 is 1.17 bits per heavy atom. The molecule has 1 aliphatic rings. The van der Waals surface area contributed by atoms with Crippen LogP contribution in [0.4, 0.5) is 0 Å². The van der Waals surface area contributed by atoms with E-state index < -0.39 is 12.0 Å². The molecule has 0 aromatic heterocycles. The molecule has 1 N–H and O–H groups in total. The Morgan fingerprint density at radius 3 is 2.54 bits per heavy atom. The van der Waals surface area contributed by atoms with E-state index in [0.29, 0.717) is 11.4 Å². The van der Waals surface area contributed by atoms with E-state index in [1.807, 2.05) is 42.5 Å². The number of halogens is 2. The predicted octanol–water partition coefficient (Wildman–Crippen LogP) is 5.13. The zero-order chi connectivity index (χ0) is 17.1. The van der Waals surface area contributed by atoms with Gasteiger partial charge < -0.3 is 5.11 Å². The van der Waals surface area contributed by atoms with E-state index in [1.54, 1.807) is 0 Å². The van der Waals surface area contributed by atoms with Crippen LogP contribution in [0.2, 0.25) is 5.02 Å². The summed E-state index contributed by atoms with van der Waals surface area (Å²) < 4.78 is 0.982. The quantitative estimate of drug-likeness (QED) is 0.762. The van der Waals surface area contributed by atoms with E-state index in [0.717, 1.165) is 35.0 Å². The molecule has 3 rings (SSSR count). The molecule has 3 nitrogen and oxygen atoms in total. The maximum Gasteiger partial charge on any atom is 0.320 e. The third-order valence-corrected chi connectivity index (χ3v) is 5.22. The number of hydrogen-bond donors (Lipinski definition) is 1. The molecule has 0 aliphatic carbocycles. The van der Waals surface area contributed by atoms with Gasteiger partial charge in [-0.15, -0.1) is 0 Å². The Labute approximate surface area is 155 Å². The first-order valence-corrected chi connectivity index (χ1v) is 9.23. The largest absolute Gasteiger partial charge is 0.480 e. The van der Waals surface area contributed by atoms with Gasteiger partial charge in [-0.1, -0.05) is 58.2 Å². The maximum absolute atomic E-state index is 11.8. The summed E-state index contributed by atoms with van der Waals surface area (Å²) in [6.07, 6.45) is 2.64. The second-order valence-electron chi connectivity index (χ2n) is 6.10. The van der Waals surface area contributed by atoms with Crippen LogP contribution in [0.15, 0.2) is 53.0 Å². The van der Waals surface area contributed by atoms with E-state index in [2.05, 4.69) is 26.9 Å². The molecule has 24 heavy (non-hydrogen) atoms. The molecule has 1 aliphatic heterocycles. The number of carbonyl (C=O) groups is 1. The van der Waals surface area contributed by atoms with E-state index in [-0.39, 0.29) is 6.04 Å². The van der Waals surface area contributed by atoms with Crippen LogP contribution in [-0.4, -0.2) is 28.6 Å². The summed E-state index contributed by atoms with van der Waals surface area (Å²) in [7, 11) is 0. The van der Waals surface area contributed by atoms with Gasteiger partial charge in [-0.05, 0) is 54.8 Å². The Bertz CT molecular complexity index is 691. The Kier molecular flexibility index (Phi) is 5.59. The number of nitrogens with zero attached hydrogens (tertiary/aromatic N) is 1. The minimum absolute atomic E-state index is 0.123. The van der Waals surface area contributed by atoms with Gasteiger partial charge in [0.25, 0.3) is 0 Å². The Hall–Kier alpha value is -1.36. The highest BCUT2D eigenvalue weighted by molar-refractivity contribution is 9.10. The first-order chi connectivity index (χ1) is 11.6. The number of rotatable bonds is 4. The van der Waals surface area contributed by atoms with Crippen molar-refractivity contribution in [1.82, 2.24) is 4.90 Å². The summed E-state index contributed by atoms with van der Waals surface area (Å²) in [5.41, 5.74) is 2.09. The van der Waals surface area contributed by atoms with Crippen molar-refractivity contribution in [3.05, 3.63) is 69.2 Å². The third-order valence-electron chi connectivity index (χ3n) is 4.49. The molecule has 0 bridgehead atoms. The van der Waals surface area contributed by atoms with Gasteiger partial charge in [-0.25, -0.2) is 0 Å². The molecule has 1 fully saturated rings. The van der Waals surface area contributed by atoms with Crippen molar-refractivity contribution < 1.29 is 9.90 Å². The number of likely N-dealkylation sites (tertiary alicyclic amines) is 1. The lowest BCUT2D eigenvalue weighted by Gasteiger charge is -2.39. The molecule has 2 unspecified atom stereocenters. The average molecular weight is 409 g/mol.